The summed E-state index contributed by atoms with van der Waals surface area (Å²) < 4.78 is 5.22. The summed E-state index contributed by atoms with van der Waals surface area (Å²) in [4.78, 5) is 0. The maximum absolute atomic E-state index is 5.22. The Morgan fingerprint density at radius 3 is 2.09 bits per heavy atom. The Bertz CT molecular complexity index is 171. The molecule has 1 heteroatoms. The third kappa shape index (κ3) is 3.87. The van der Waals surface area contributed by atoms with E-state index in [1.165, 1.54) is 11.1 Å². The van der Waals surface area contributed by atoms with Gasteiger partial charge in [0.25, 0.3) is 0 Å². The molecule has 0 aliphatic rings. The Morgan fingerprint density at radius 1 is 1.27 bits per heavy atom. The Labute approximate surface area is 69.8 Å². The first kappa shape index (κ1) is 10.3. The van der Waals surface area contributed by atoms with E-state index in [0.717, 1.165) is 12.2 Å². The molecule has 0 aliphatic carbocycles. The van der Waals surface area contributed by atoms with Gasteiger partial charge in [-0.25, -0.2) is 0 Å². The summed E-state index contributed by atoms with van der Waals surface area (Å²) in [5, 5.41) is 0. The molecule has 0 saturated heterocycles. The fourth-order valence-corrected chi connectivity index (χ4v) is 0.793. The van der Waals surface area contributed by atoms with Crippen molar-refractivity contribution in [3.63, 3.8) is 0 Å². The quantitative estimate of drug-likeness (QED) is 0.447. The maximum atomic E-state index is 5.22. The minimum Gasteiger partial charge on any atom is -0.497 e. The molecule has 0 heterocycles. The number of rotatable bonds is 3. The maximum Gasteiger partial charge on any atom is 0.117 e. The second-order valence-electron chi connectivity index (χ2n) is 2.92. The number of ether oxygens (including phenoxy) is 1. The summed E-state index contributed by atoms with van der Waals surface area (Å²) in [5.41, 5.74) is 2.57. The standard InChI is InChI=1S/C10H18O/c1-6-9(4)10(11-5)7-8(2)3/h7H,6H2,1-5H3. The summed E-state index contributed by atoms with van der Waals surface area (Å²) in [5.74, 6) is 1.01. The molecule has 64 valence electrons. The van der Waals surface area contributed by atoms with E-state index in [2.05, 4.69) is 33.8 Å². The number of allylic oxidation sites excluding steroid dienone is 3. The van der Waals surface area contributed by atoms with Crippen LogP contribution in [-0.2, 0) is 4.74 Å². The molecule has 0 N–H and O–H groups in total. The number of hydrogen-bond acceptors (Lipinski definition) is 1. The van der Waals surface area contributed by atoms with E-state index in [1.54, 1.807) is 7.11 Å². The predicted molar refractivity (Wildman–Crippen MR) is 49.4 cm³/mol. The van der Waals surface area contributed by atoms with Gasteiger partial charge in [-0.15, -0.1) is 0 Å². The largest absolute Gasteiger partial charge is 0.497 e. The van der Waals surface area contributed by atoms with Crippen LogP contribution < -0.4 is 0 Å². The smallest absolute Gasteiger partial charge is 0.117 e. The monoisotopic (exact) mass is 154 g/mol. The van der Waals surface area contributed by atoms with Crippen molar-refractivity contribution in [3.05, 3.63) is 23.0 Å². The van der Waals surface area contributed by atoms with Crippen LogP contribution in [0.15, 0.2) is 23.0 Å². The average molecular weight is 154 g/mol. The van der Waals surface area contributed by atoms with Gasteiger partial charge in [0.2, 0.25) is 0 Å². The lowest BCUT2D eigenvalue weighted by Gasteiger charge is -2.05. The zero-order valence-electron chi connectivity index (χ0n) is 8.19. The van der Waals surface area contributed by atoms with E-state index in [0.29, 0.717) is 0 Å². The van der Waals surface area contributed by atoms with Crippen molar-refractivity contribution < 1.29 is 4.74 Å². The van der Waals surface area contributed by atoms with Crippen molar-refractivity contribution in [2.45, 2.75) is 34.1 Å². The highest BCUT2D eigenvalue weighted by molar-refractivity contribution is 5.21. The molecule has 11 heavy (non-hydrogen) atoms. The van der Waals surface area contributed by atoms with Crippen LogP contribution in [0.2, 0.25) is 0 Å². The molecule has 0 saturated carbocycles. The van der Waals surface area contributed by atoms with Gasteiger partial charge >= 0.3 is 0 Å². The third-order valence-corrected chi connectivity index (χ3v) is 1.59. The molecule has 0 radical (unpaired) electrons. The number of methoxy groups -OCH3 is 1. The van der Waals surface area contributed by atoms with Gasteiger partial charge in [-0.05, 0) is 38.8 Å². The van der Waals surface area contributed by atoms with Gasteiger partial charge in [-0.3, -0.25) is 0 Å². The highest BCUT2D eigenvalue weighted by Gasteiger charge is 1.95. The molecule has 0 amide bonds. The first-order valence-electron chi connectivity index (χ1n) is 4.00. The van der Waals surface area contributed by atoms with Crippen molar-refractivity contribution in [3.8, 4) is 0 Å². The second kappa shape index (κ2) is 5.00. The molecule has 0 aromatic heterocycles. The molecule has 0 bridgehead atoms. The van der Waals surface area contributed by atoms with Crippen molar-refractivity contribution in [1.29, 1.82) is 0 Å². The first-order chi connectivity index (χ1) is 5.11. The summed E-state index contributed by atoms with van der Waals surface area (Å²) in [6, 6.07) is 0. The first-order valence-corrected chi connectivity index (χ1v) is 4.00. The topological polar surface area (TPSA) is 9.23 Å². The normalized spacial score (nSPS) is 12.1. The Balaban J connectivity index is 4.52. The molecule has 1 nitrogen and oxygen atoms in total. The van der Waals surface area contributed by atoms with Crippen LogP contribution >= 0.6 is 0 Å². The van der Waals surface area contributed by atoms with Crippen molar-refractivity contribution in [1.82, 2.24) is 0 Å². The van der Waals surface area contributed by atoms with E-state index in [-0.39, 0.29) is 0 Å². The number of hydrogen-bond donors (Lipinski definition) is 0. The Hall–Kier alpha value is -0.720. The van der Waals surface area contributed by atoms with Crippen LogP contribution in [0.3, 0.4) is 0 Å². The molecule has 0 atom stereocenters. The highest BCUT2D eigenvalue weighted by atomic mass is 16.5. The van der Waals surface area contributed by atoms with E-state index >= 15 is 0 Å². The average Bonchev–Trinajstić information content (AvgIpc) is 1.98. The third-order valence-electron chi connectivity index (χ3n) is 1.59. The van der Waals surface area contributed by atoms with E-state index < -0.39 is 0 Å². The van der Waals surface area contributed by atoms with Gasteiger partial charge in [0.1, 0.15) is 5.76 Å². The Morgan fingerprint density at radius 2 is 1.82 bits per heavy atom. The van der Waals surface area contributed by atoms with Gasteiger partial charge in [0.05, 0.1) is 7.11 Å². The summed E-state index contributed by atoms with van der Waals surface area (Å²) >= 11 is 0. The van der Waals surface area contributed by atoms with Gasteiger partial charge in [0.15, 0.2) is 0 Å². The predicted octanol–water partition coefficient (Wildman–Crippen LogP) is 3.28. The van der Waals surface area contributed by atoms with Crippen LogP contribution in [0.4, 0.5) is 0 Å². The van der Waals surface area contributed by atoms with Gasteiger partial charge in [0, 0.05) is 0 Å². The summed E-state index contributed by atoms with van der Waals surface area (Å²) in [6.07, 6.45) is 3.12. The van der Waals surface area contributed by atoms with Crippen LogP contribution in [0, 0.1) is 0 Å². The lowest BCUT2D eigenvalue weighted by Crippen LogP contribution is -1.88. The minimum atomic E-state index is 1.01. The molecule has 0 rings (SSSR count). The molecule has 0 fully saturated rings. The van der Waals surface area contributed by atoms with E-state index in [1.807, 2.05) is 0 Å². The molecule has 0 spiro atoms. The SMILES string of the molecule is CCC(C)=C(C=C(C)C)OC. The van der Waals surface area contributed by atoms with Crippen LogP contribution in [0.5, 0.6) is 0 Å². The zero-order valence-corrected chi connectivity index (χ0v) is 8.19. The lowest BCUT2D eigenvalue weighted by atomic mass is 10.1. The summed E-state index contributed by atoms with van der Waals surface area (Å²) in [6.45, 7) is 8.37. The fraction of sp³-hybridized carbons (Fsp3) is 0.600. The van der Waals surface area contributed by atoms with Crippen molar-refractivity contribution in [2.75, 3.05) is 7.11 Å². The van der Waals surface area contributed by atoms with Gasteiger partial charge in [-0.1, -0.05) is 12.5 Å². The molecular formula is C10H18O. The lowest BCUT2D eigenvalue weighted by molar-refractivity contribution is 0.300. The van der Waals surface area contributed by atoms with Crippen LogP contribution in [-0.4, -0.2) is 7.11 Å². The van der Waals surface area contributed by atoms with E-state index in [4.69, 9.17) is 4.74 Å². The van der Waals surface area contributed by atoms with Crippen LogP contribution in [0.25, 0.3) is 0 Å². The Kier molecular flexibility index (Phi) is 4.67. The van der Waals surface area contributed by atoms with E-state index in [9.17, 15) is 0 Å². The van der Waals surface area contributed by atoms with Crippen molar-refractivity contribution >= 4 is 0 Å². The molecule has 0 aliphatic heterocycles. The van der Waals surface area contributed by atoms with Gasteiger partial charge in [-0.2, -0.15) is 0 Å². The highest BCUT2D eigenvalue weighted by Crippen LogP contribution is 2.11. The molecule has 0 aromatic rings. The summed E-state index contributed by atoms with van der Waals surface area (Å²) in [7, 11) is 1.72. The molecule has 0 aromatic carbocycles. The fourth-order valence-electron chi connectivity index (χ4n) is 0.793. The second-order valence-corrected chi connectivity index (χ2v) is 2.92. The van der Waals surface area contributed by atoms with Gasteiger partial charge < -0.3 is 4.74 Å². The van der Waals surface area contributed by atoms with Crippen LogP contribution in [0.1, 0.15) is 34.1 Å². The molecule has 0 unspecified atom stereocenters. The molecular weight excluding hydrogens is 136 g/mol. The zero-order chi connectivity index (χ0) is 8.85. The van der Waals surface area contributed by atoms with Crippen molar-refractivity contribution in [2.24, 2.45) is 0 Å². The minimum absolute atomic E-state index is 1.01.